The van der Waals surface area contributed by atoms with Crippen LogP contribution in [0.5, 0.6) is 0 Å². The molecule has 2 aromatic carbocycles. The fourth-order valence-electron chi connectivity index (χ4n) is 2.43. The van der Waals surface area contributed by atoms with Gasteiger partial charge in [-0.3, -0.25) is 9.89 Å². The van der Waals surface area contributed by atoms with E-state index in [1.165, 1.54) is 0 Å². The van der Waals surface area contributed by atoms with Crippen molar-refractivity contribution in [1.82, 2.24) is 15.5 Å². The fourth-order valence-corrected chi connectivity index (χ4v) is 2.69. The third kappa shape index (κ3) is 3.21. The van der Waals surface area contributed by atoms with Crippen LogP contribution >= 0.6 is 11.6 Å². The van der Waals surface area contributed by atoms with Crippen LogP contribution in [0.15, 0.2) is 42.5 Å². The predicted octanol–water partition coefficient (Wildman–Crippen LogP) is 2.99. The van der Waals surface area contributed by atoms with E-state index in [2.05, 4.69) is 15.5 Å². The van der Waals surface area contributed by atoms with Crippen LogP contribution in [0, 0.1) is 6.92 Å². The van der Waals surface area contributed by atoms with Crippen LogP contribution in [0.25, 0.3) is 10.9 Å². The van der Waals surface area contributed by atoms with Crippen molar-refractivity contribution in [1.29, 1.82) is 0 Å². The van der Waals surface area contributed by atoms with Gasteiger partial charge in [0.05, 0.1) is 11.6 Å². The summed E-state index contributed by atoms with van der Waals surface area (Å²) in [6.07, 6.45) is -0.875. The predicted molar refractivity (Wildman–Crippen MR) is 89.6 cm³/mol. The van der Waals surface area contributed by atoms with Crippen LogP contribution < -0.4 is 5.32 Å². The average Bonchev–Trinajstić information content (AvgIpc) is 2.95. The molecular formula is C17H16ClN3O2. The summed E-state index contributed by atoms with van der Waals surface area (Å²) < 4.78 is 0. The molecule has 6 heteroatoms. The quantitative estimate of drug-likeness (QED) is 0.688. The Morgan fingerprint density at radius 2 is 2.13 bits per heavy atom. The van der Waals surface area contributed by atoms with Gasteiger partial charge in [0.1, 0.15) is 0 Å². The molecule has 0 spiro atoms. The summed E-state index contributed by atoms with van der Waals surface area (Å²) in [5.41, 5.74) is 2.74. The van der Waals surface area contributed by atoms with Crippen molar-refractivity contribution in [3.05, 3.63) is 64.3 Å². The minimum absolute atomic E-state index is 0.0583. The monoisotopic (exact) mass is 329 g/mol. The van der Waals surface area contributed by atoms with Gasteiger partial charge in [-0.25, -0.2) is 0 Å². The maximum Gasteiger partial charge on any atom is 0.272 e. The molecule has 3 N–H and O–H groups in total. The van der Waals surface area contributed by atoms with E-state index in [9.17, 15) is 9.90 Å². The Morgan fingerprint density at radius 1 is 1.35 bits per heavy atom. The first-order chi connectivity index (χ1) is 11.1. The molecule has 23 heavy (non-hydrogen) atoms. The van der Waals surface area contributed by atoms with Gasteiger partial charge in [0.2, 0.25) is 0 Å². The van der Waals surface area contributed by atoms with Gasteiger partial charge in [-0.1, -0.05) is 41.4 Å². The minimum Gasteiger partial charge on any atom is -0.387 e. The number of halogens is 1. The molecule has 0 aliphatic heterocycles. The maximum atomic E-state index is 12.3. The van der Waals surface area contributed by atoms with E-state index in [4.69, 9.17) is 11.6 Å². The maximum absolute atomic E-state index is 12.3. The fraction of sp³-hybridized carbons (Fsp3) is 0.176. The summed E-state index contributed by atoms with van der Waals surface area (Å²) in [6, 6.07) is 12.7. The van der Waals surface area contributed by atoms with E-state index in [1.54, 1.807) is 24.3 Å². The molecule has 1 unspecified atom stereocenters. The number of aryl methyl sites for hydroxylation is 1. The summed E-state index contributed by atoms with van der Waals surface area (Å²) >= 11 is 6.04. The van der Waals surface area contributed by atoms with Crippen molar-refractivity contribution >= 4 is 28.4 Å². The van der Waals surface area contributed by atoms with Crippen LogP contribution in [0.3, 0.4) is 0 Å². The molecule has 0 saturated heterocycles. The topological polar surface area (TPSA) is 78.0 Å². The summed E-state index contributed by atoms with van der Waals surface area (Å²) in [7, 11) is 0. The van der Waals surface area contributed by atoms with Gasteiger partial charge in [0.25, 0.3) is 5.91 Å². The molecular weight excluding hydrogens is 314 g/mol. The van der Waals surface area contributed by atoms with Gasteiger partial charge in [0.15, 0.2) is 5.69 Å². The number of H-pyrrole nitrogens is 1. The lowest BCUT2D eigenvalue weighted by molar-refractivity contribution is 0.0913. The SMILES string of the molecule is Cc1ccc2[nH]nc(C(=O)NCC(O)c3ccccc3Cl)c2c1. The van der Waals surface area contributed by atoms with Crippen molar-refractivity contribution < 1.29 is 9.90 Å². The van der Waals surface area contributed by atoms with Crippen LogP contribution in [0.2, 0.25) is 5.02 Å². The number of rotatable bonds is 4. The summed E-state index contributed by atoms with van der Waals surface area (Å²) in [4.78, 5) is 12.3. The number of carbonyl (C=O) groups is 1. The second kappa shape index (κ2) is 6.40. The molecule has 0 aliphatic carbocycles. The highest BCUT2D eigenvalue weighted by molar-refractivity contribution is 6.31. The first-order valence-corrected chi connectivity index (χ1v) is 7.59. The highest BCUT2D eigenvalue weighted by Crippen LogP contribution is 2.22. The molecule has 118 valence electrons. The molecule has 0 radical (unpaired) electrons. The number of carbonyl (C=O) groups excluding carboxylic acids is 1. The number of amides is 1. The van der Waals surface area contributed by atoms with E-state index < -0.39 is 6.10 Å². The van der Waals surface area contributed by atoms with Crippen molar-refractivity contribution in [2.75, 3.05) is 6.54 Å². The average molecular weight is 330 g/mol. The highest BCUT2D eigenvalue weighted by Gasteiger charge is 2.17. The molecule has 5 nitrogen and oxygen atoms in total. The molecule has 0 fully saturated rings. The number of hydrogen-bond acceptors (Lipinski definition) is 3. The van der Waals surface area contributed by atoms with Gasteiger partial charge in [0, 0.05) is 22.5 Å². The number of nitrogens with zero attached hydrogens (tertiary/aromatic N) is 1. The lowest BCUT2D eigenvalue weighted by Crippen LogP contribution is -2.28. The lowest BCUT2D eigenvalue weighted by Gasteiger charge is -2.13. The van der Waals surface area contributed by atoms with Crippen LogP contribution in [-0.4, -0.2) is 27.8 Å². The number of aromatic amines is 1. The summed E-state index contributed by atoms with van der Waals surface area (Å²) in [5, 5.41) is 21.0. The lowest BCUT2D eigenvalue weighted by atomic mass is 10.1. The van der Waals surface area contributed by atoms with Crippen molar-refractivity contribution in [2.45, 2.75) is 13.0 Å². The van der Waals surface area contributed by atoms with Gasteiger partial charge in [-0.15, -0.1) is 0 Å². The van der Waals surface area contributed by atoms with Crippen LogP contribution in [0.4, 0.5) is 0 Å². The zero-order valence-corrected chi connectivity index (χ0v) is 13.3. The Balaban J connectivity index is 1.74. The Labute approximate surface area is 138 Å². The molecule has 1 aromatic heterocycles. The number of fused-ring (bicyclic) bond motifs is 1. The molecule has 1 heterocycles. The zero-order chi connectivity index (χ0) is 16.4. The molecule has 0 bridgehead atoms. The van der Waals surface area contributed by atoms with Crippen LogP contribution in [0.1, 0.15) is 27.7 Å². The second-order valence-electron chi connectivity index (χ2n) is 5.37. The Bertz CT molecular complexity index is 860. The standard InChI is InChI=1S/C17H16ClN3O2/c1-10-6-7-14-12(8-10)16(21-20-14)17(23)19-9-15(22)11-4-2-3-5-13(11)18/h2-8,15,22H,9H2,1H3,(H,19,23)(H,20,21). The Kier molecular flexibility index (Phi) is 4.32. The largest absolute Gasteiger partial charge is 0.387 e. The molecule has 3 rings (SSSR count). The van der Waals surface area contributed by atoms with Gasteiger partial charge < -0.3 is 10.4 Å². The van der Waals surface area contributed by atoms with E-state index in [-0.39, 0.29) is 12.5 Å². The third-order valence-electron chi connectivity index (χ3n) is 3.65. The molecule has 1 amide bonds. The van der Waals surface area contributed by atoms with E-state index in [1.807, 2.05) is 25.1 Å². The molecule has 0 saturated carbocycles. The van der Waals surface area contributed by atoms with Crippen LogP contribution in [-0.2, 0) is 0 Å². The molecule has 3 aromatic rings. The Hall–Kier alpha value is -2.37. The number of aliphatic hydroxyl groups is 1. The number of hydrogen-bond donors (Lipinski definition) is 3. The smallest absolute Gasteiger partial charge is 0.272 e. The van der Waals surface area contributed by atoms with Crippen molar-refractivity contribution in [2.24, 2.45) is 0 Å². The minimum atomic E-state index is -0.875. The summed E-state index contributed by atoms with van der Waals surface area (Å²) in [5.74, 6) is -0.340. The zero-order valence-electron chi connectivity index (χ0n) is 12.5. The number of aliphatic hydroxyl groups excluding tert-OH is 1. The van der Waals surface area contributed by atoms with Gasteiger partial charge >= 0.3 is 0 Å². The highest BCUT2D eigenvalue weighted by atomic mass is 35.5. The Morgan fingerprint density at radius 3 is 2.91 bits per heavy atom. The molecule has 1 atom stereocenters. The van der Waals surface area contributed by atoms with E-state index >= 15 is 0 Å². The van der Waals surface area contributed by atoms with Crippen molar-refractivity contribution in [3.8, 4) is 0 Å². The van der Waals surface area contributed by atoms with E-state index in [0.29, 0.717) is 16.3 Å². The normalized spacial score (nSPS) is 12.3. The van der Waals surface area contributed by atoms with Gasteiger partial charge in [-0.2, -0.15) is 5.10 Å². The number of nitrogens with one attached hydrogen (secondary N) is 2. The van der Waals surface area contributed by atoms with Gasteiger partial charge in [-0.05, 0) is 25.1 Å². The molecule has 0 aliphatic rings. The van der Waals surface area contributed by atoms with Crippen molar-refractivity contribution in [3.63, 3.8) is 0 Å². The summed E-state index contributed by atoms with van der Waals surface area (Å²) in [6.45, 7) is 2.01. The number of benzene rings is 2. The number of aromatic nitrogens is 2. The second-order valence-corrected chi connectivity index (χ2v) is 5.78. The first kappa shape index (κ1) is 15.5. The van der Waals surface area contributed by atoms with E-state index in [0.717, 1.165) is 16.5 Å². The third-order valence-corrected chi connectivity index (χ3v) is 4.00. The first-order valence-electron chi connectivity index (χ1n) is 7.21.